The lowest BCUT2D eigenvalue weighted by Crippen LogP contribution is -2.27. The Kier molecular flexibility index (Phi) is 2.37. The van der Waals surface area contributed by atoms with Gasteiger partial charge in [0.25, 0.3) is 0 Å². The van der Waals surface area contributed by atoms with E-state index in [9.17, 15) is 5.11 Å². The van der Waals surface area contributed by atoms with Crippen molar-refractivity contribution in [2.75, 3.05) is 6.61 Å². The Labute approximate surface area is 62.8 Å². The maximum absolute atomic E-state index is 9.45. The molecular weight excluding hydrogens is 127 g/mol. The second kappa shape index (κ2) is 2.93. The summed E-state index contributed by atoms with van der Waals surface area (Å²) in [4.78, 5) is 0. The van der Waals surface area contributed by atoms with Crippen LogP contribution in [-0.4, -0.2) is 24.8 Å². The molecule has 0 aliphatic carbocycles. The van der Waals surface area contributed by atoms with Crippen molar-refractivity contribution < 1.29 is 9.84 Å². The zero-order valence-corrected chi connectivity index (χ0v) is 6.76. The largest absolute Gasteiger partial charge is 0.366 e. The highest BCUT2D eigenvalue weighted by Crippen LogP contribution is 2.22. The number of hydrogen-bond acceptors (Lipinski definition) is 2. The minimum atomic E-state index is -0.856. The van der Waals surface area contributed by atoms with Gasteiger partial charge in [-0.05, 0) is 19.7 Å². The number of hydrogen-bond donors (Lipinski definition) is 1. The monoisotopic (exact) mass is 142 g/mol. The third-order valence-corrected chi connectivity index (χ3v) is 2.12. The minimum Gasteiger partial charge on any atom is -0.366 e. The molecule has 1 saturated heterocycles. The number of ether oxygens (including phenoxy) is 1. The van der Waals surface area contributed by atoms with Crippen molar-refractivity contribution in [3.63, 3.8) is 0 Å². The van der Waals surface area contributed by atoms with Gasteiger partial charge in [-0.3, -0.25) is 0 Å². The Balaban J connectivity index is 2.41. The average molecular weight is 142 g/mol. The van der Waals surface area contributed by atoms with E-state index in [0.717, 1.165) is 20.0 Å². The van der Waals surface area contributed by atoms with Gasteiger partial charge in [0.05, 0.1) is 0 Å². The summed E-state index contributed by atoms with van der Waals surface area (Å²) in [5.41, 5.74) is 0. The molecule has 1 aliphatic heterocycles. The number of aliphatic hydroxyl groups is 1. The summed E-state index contributed by atoms with van der Waals surface area (Å²) in [5, 5.41) is 9.45. The van der Waals surface area contributed by atoms with Crippen molar-refractivity contribution in [1.82, 2.24) is 0 Å². The maximum Gasteiger partial charge on any atom is 0.155 e. The van der Waals surface area contributed by atoms with Gasteiger partial charge in [0, 0.05) is 6.61 Å². The van der Waals surface area contributed by atoms with Crippen LogP contribution < -0.4 is 0 Å². The molecule has 0 bridgehead atoms. The molecule has 0 radical (unpaired) electrons. The van der Waals surface area contributed by atoms with Crippen LogP contribution in [0, 0.1) is 0 Å². The third-order valence-electron chi connectivity index (χ3n) is 2.12. The molecule has 2 unspecified atom stereocenters. The Morgan fingerprint density at radius 1 is 1.70 bits per heavy atom. The van der Waals surface area contributed by atoms with Gasteiger partial charge in [-0.25, -0.2) is 0 Å². The molecule has 0 aromatic rings. The standard InChI is InChI=1S/C7H15BO2/c1-6-3-4-10-7(2,9)5-8-6/h6,8-9H,3-5H2,1-2H3. The smallest absolute Gasteiger partial charge is 0.155 e. The van der Waals surface area contributed by atoms with Crippen molar-refractivity contribution in [3.8, 4) is 0 Å². The highest BCUT2D eigenvalue weighted by molar-refractivity contribution is 6.37. The molecule has 3 heteroatoms. The van der Waals surface area contributed by atoms with Crippen molar-refractivity contribution in [3.05, 3.63) is 0 Å². The maximum atomic E-state index is 9.45. The average Bonchev–Trinajstić information content (AvgIpc) is 1.94. The Hall–Kier alpha value is -0.0151. The molecule has 2 nitrogen and oxygen atoms in total. The van der Waals surface area contributed by atoms with Crippen LogP contribution >= 0.6 is 0 Å². The lowest BCUT2D eigenvalue weighted by Gasteiger charge is -2.20. The predicted octanol–water partition coefficient (Wildman–Crippen LogP) is 0.778. The summed E-state index contributed by atoms with van der Waals surface area (Å²) in [6, 6.07) is 0. The van der Waals surface area contributed by atoms with E-state index < -0.39 is 5.79 Å². The van der Waals surface area contributed by atoms with Gasteiger partial charge in [0.15, 0.2) is 5.79 Å². The fraction of sp³-hybridized carbons (Fsp3) is 1.00. The molecule has 0 amide bonds. The quantitative estimate of drug-likeness (QED) is 0.506. The van der Waals surface area contributed by atoms with E-state index in [1.54, 1.807) is 6.92 Å². The predicted molar refractivity (Wildman–Crippen MR) is 42.6 cm³/mol. The van der Waals surface area contributed by atoms with Crippen LogP contribution in [0.15, 0.2) is 0 Å². The van der Waals surface area contributed by atoms with Gasteiger partial charge in [-0.15, -0.1) is 0 Å². The van der Waals surface area contributed by atoms with Gasteiger partial charge in [-0.1, -0.05) is 12.7 Å². The third kappa shape index (κ3) is 2.31. The van der Waals surface area contributed by atoms with E-state index in [1.165, 1.54) is 0 Å². The van der Waals surface area contributed by atoms with Gasteiger partial charge < -0.3 is 9.84 Å². The van der Waals surface area contributed by atoms with E-state index in [-0.39, 0.29) is 0 Å². The van der Waals surface area contributed by atoms with Crippen LogP contribution in [0.5, 0.6) is 0 Å². The van der Waals surface area contributed by atoms with Crippen LogP contribution in [0.25, 0.3) is 0 Å². The molecule has 1 fully saturated rings. The van der Waals surface area contributed by atoms with Crippen molar-refractivity contribution in [2.24, 2.45) is 0 Å². The SMILES string of the molecule is CC1BCC(C)(O)OCC1. The zero-order valence-electron chi connectivity index (χ0n) is 6.76. The summed E-state index contributed by atoms with van der Waals surface area (Å²) < 4.78 is 5.22. The van der Waals surface area contributed by atoms with Crippen LogP contribution in [0.4, 0.5) is 0 Å². The second-order valence-electron chi connectivity index (χ2n) is 3.46. The van der Waals surface area contributed by atoms with Gasteiger partial charge in [-0.2, -0.15) is 0 Å². The van der Waals surface area contributed by atoms with Crippen LogP contribution in [0.2, 0.25) is 12.1 Å². The minimum absolute atomic E-state index is 0.703. The van der Waals surface area contributed by atoms with Crippen LogP contribution in [0.1, 0.15) is 20.3 Å². The van der Waals surface area contributed by atoms with E-state index in [1.807, 2.05) is 0 Å². The number of rotatable bonds is 0. The topological polar surface area (TPSA) is 29.5 Å². The first kappa shape index (κ1) is 8.09. The fourth-order valence-electron chi connectivity index (χ4n) is 1.21. The molecule has 1 heterocycles. The normalized spacial score (nSPS) is 42.1. The highest BCUT2D eigenvalue weighted by Gasteiger charge is 2.25. The van der Waals surface area contributed by atoms with E-state index in [4.69, 9.17) is 4.74 Å². The lowest BCUT2D eigenvalue weighted by molar-refractivity contribution is -0.173. The molecule has 1 aliphatic rings. The van der Waals surface area contributed by atoms with E-state index in [0.29, 0.717) is 12.4 Å². The molecule has 10 heavy (non-hydrogen) atoms. The second-order valence-corrected chi connectivity index (χ2v) is 3.46. The molecule has 0 aromatic heterocycles. The zero-order chi connectivity index (χ0) is 7.61. The molecule has 0 spiro atoms. The van der Waals surface area contributed by atoms with Crippen LogP contribution in [-0.2, 0) is 4.74 Å². The highest BCUT2D eigenvalue weighted by atomic mass is 16.6. The summed E-state index contributed by atoms with van der Waals surface area (Å²) in [6.07, 6.45) is 1.85. The molecule has 2 atom stereocenters. The molecule has 58 valence electrons. The first-order valence-corrected chi connectivity index (χ1v) is 3.96. The lowest BCUT2D eigenvalue weighted by atomic mass is 9.60. The van der Waals surface area contributed by atoms with E-state index in [2.05, 4.69) is 6.92 Å². The summed E-state index contributed by atoms with van der Waals surface area (Å²) in [5.74, 6) is -0.154. The van der Waals surface area contributed by atoms with Crippen molar-refractivity contribution in [1.29, 1.82) is 0 Å². The first-order chi connectivity index (χ1) is 4.60. The summed E-state index contributed by atoms with van der Waals surface area (Å²) >= 11 is 0. The molecular formula is C7H15BO2. The molecule has 1 rings (SSSR count). The van der Waals surface area contributed by atoms with Gasteiger partial charge in [0.1, 0.15) is 7.28 Å². The fourth-order valence-corrected chi connectivity index (χ4v) is 1.21. The van der Waals surface area contributed by atoms with E-state index >= 15 is 0 Å². The van der Waals surface area contributed by atoms with Gasteiger partial charge in [0.2, 0.25) is 0 Å². The molecule has 0 saturated carbocycles. The summed E-state index contributed by atoms with van der Waals surface area (Å²) in [6.45, 7) is 4.64. The van der Waals surface area contributed by atoms with Crippen LogP contribution in [0.3, 0.4) is 0 Å². The Bertz CT molecular complexity index is 114. The Morgan fingerprint density at radius 2 is 2.40 bits per heavy atom. The van der Waals surface area contributed by atoms with Crippen molar-refractivity contribution in [2.45, 2.75) is 38.2 Å². The summed E-state index contributed by atoms with van der Waals surface area (Å²) in [7, 11) is 1.08. The van der Waals surface area contributed by atoms with Crippen molar-refractivity contribution >= 4 is 7.28 Å². The molecule has 0 aromatic carbocycles. The molecule has 1 N–H and O–H groups in total. The van der Waals surface area contributed by atoms with Gasteiger partial charge >= 0.3 is 0 Å². The first-order valence-electron chi connectivity index (χ1n) is 3.96. The Morgan fingerprint density at radius 3 is 3.10 bits per heavy atom.